The number of aryl methyl sites for hydroxylation is 1. The molecule has 0 amide bonds. The van der Waals surface area contributed by atoms with E-state index in [9.17, 15) is 8.42 Å². The number of nitrogens with zero attached hydrogens (tertiary/aromatic N) is 2. The predicted octanol–water partition coefficient (Wildman–Crippen LogP) is 7.66. The maximum atomic E-state index is 13.1. The van der Waals surface area contributed by atoms with Crippen LogP contribution >= 0.6 is 0 Å². The van der Waals surface area contributed by atoms with Crippen molar-refractivity contribution in [2.45, 2.75) is 68.9 Å². The smallest absolute Gasteiger partial charge is 0.229 e. The van der Waals surface area contributed by atoms with Gasteiger partial charge in [-0.25, -0.2) is 13.4 Å². The van der Waals surface area contributed by atoms with Crippen molar-refractivity contribution in [2.24, 2.45) is 0 Å². The van der Waals surface area contributed by atoms with Gasteiger partial charge in [-0.3, -0.25) is 0 Å². The number of rotatable bonds is 8. The summed E-state index contributed by atoms with van der Waals surface area (Å²) in [6.07, 6.45) is 5.66. The Morgan fingerprint density at radius 2 is 1.69 bits per heavy atom. The minimum atomic E-state index is -3.57. The fourth-order valence-corrected chi connectivity index (χ4v) is 6.49. The Morgan fingerprint density at radius 1 is 0.949 bits per heavy atom. The summed E-state index contributed by atoms with van der Waals surface area (Å²) in [6.45, 7) is 5.32. The van der Waals surface area contributed by atoms with Crippen molar-refractivity contribution in [3.8, 4) is 5.75 Å². The number of hydrogen-bond donors (Lipinski definition) is 2. The molecular formula is C31H36N4O3S. The summed E-state index contributed by atoms with van der Waals surface area (Å²) in [6, 6.07) is 17.9. The molecule has 204 valence electrons. The highest BCUT2D eigenvalue weighted by Gasteiger charge is 2.24. The van der Waals surface area contributed by atoms with Gasteiger partial charge in [0.05, 0.1) is 38.2 Å². The van der Waals surface area contributed by atoms with Gasteiger partial charge >= 0.3 is 0 Å². The number of hydrogen-bond acceptors (Lipinski definition) is 7. The molecule has 4 aromatic rings. The van der Waals surface area contributed by atoms with E-state index in [0.717, 1.165) is 36.8 Å². The Labute approximate surface area is 235 Å². The minimum absolute atomic E-state index is 0.180. The molecule has 8 heteroatoms. The summed E-state index contributed by atoms with van der Waals surface area (Å²) >= 11 is 0. The topological polar surface area (TPSA) is 93.2 Å². The molecule has 1 aliphatic rings. The monoisotopic (exact) mass is 547 g/mol. The second kappa shape index (κ2) is 11.2. The summed E-state index contributed by atoms with van der Waals surface area (Å²) in [4.78, 5) is 9.57. The van der Waals surface area contributed by atoms with Gasteiger partial charge in [0.25, 0.3) is 0 Å². The zero-order valence-corrected chi connectivity index (χ0v) is 23.3. The second-order valence-electron chi connectivity index (χ2n) is 10.4. The fraction of sp³-hybridized carbons (Fsp3) is 0.355. The third-order valence-electron chi connectivity index (χ3n) is 7.44. The first-order valence-corrected chi connectivity index (χ1v) is 14.9. The lowest BCUT2D eigenvalue weighted by Gasteiger charge is -2.25. The quantitative estimate of drug-likeness (QED) is 0.234. The van der Waals surface area contributed by atoms with Crippen LogP contribution in [0.3, 0.4) is 0 Å². The zero-order chi connectivity index (χ0) is 30.1. The minimum Gasteiger partial charge on any atom is -0.495 e. The van der Waals surface area contributed by atoms with Crippen LogP contribution < -0.4 is 15.4 Å². The van der Waals surface area contributed by atoms with Crippen LogP contribution in [0.2, 0.25) is 0 Å². The molecule has 2 N–H and O–H groups in total. The predicted molar refractivity (Wildman–Crippen MR) is 158 cm³/mol. The van der Waals surface area contributed by atoms with Crippen molar-refractivity contribution in [3.05, 3.63) is 71.8 Å². The Balaban J connectivity index is 1.57. The van der Waals surface area contributed by atoms with Crippen LogP contribution in [0.15, 0.2) is 65.6 Å². The lowest BCUT2D eigenvalue weighted by molar-refractivity contribution is 0.411. The van der Waals surface area contributed by atoms with Gasteiger partial charge in [-0.2, -0.15) is 4.98 Å². The first-order valence-electron chi connectivity index (χ1n) is 14.9. The molecule has 1 heterocycles. The molecule has 3 aromatic carbocycles. The number of anilines is 4. The van der Waals surface area contributed by atoms with Crippen LogP contribution in [-0.2, 0) is 9.84 Å². The highest BCUT2D eigenvalue weighted by molar-refractivity contribution is 7.92. The van der Waals surface area contributed by atoms with Crippen molar-refractivity contribution < 1.29 is 17.3 Å². The molecule has 0 saturated heterocycles. The van der Waals surface area contributed by atoms with Crippen LogP contribution in [0, 0.1) is 6.92 Å². The van der Waals surface area contributed by atoms with E-state index in [1.54, 1.807) is 38.1 Å². The van der Waals surface area contributed by atoms with Gasteiger partial charge in [0.1, 0.15) is 11.6 Å². The number of benzene rings is 3. The van der Waals surface area contributed by atoms with Gasteiger partial charge in [0, 0.05) is 5.39 Å². The number of nitrogens with one attached hydrogen (secondary N) is 2. The Kier molecular flexibility index (Phi) is 6.69. The van der Waals surface area contributed by atoms with E-state index in [1.165, 1.54) is 6.42 Å². The number of methoxy groups -OCH3 is 1. The van der Waals surface area contributed by atoms with Crippen molar-refractivity contribution in [3.63, 3.8) is 0 Å². The molecule has 1 aliphatic carbocycles. The molecule has 0 aliphatic heterocycles. The van der Waals surface area contributed by atoms with Crippen molar-refractivity contribution in [2.75, 3.05) is 17.7 Å². The highest BCUT2D eigenvalue weighted by Crippen LogP contribution is 2.39. The maximum absolute atomic E-state index is 13.1. The molecule has 7 nitrogen and oxygen atoms in total. The first kappa shape index (κ1) is 23.3. The lowest BCUT2D eigenvalue weighted by Crippen LogP contribution is -2.15. The normalized spacial score (nSPS) is 15.9. The number of fused-ring (bicyclic) bond motifs is 1. The summed E-state index contributed by atoms with van der Waals surface area (Å²) in [5.41, 5.74) is 3.60. The van der Waals surface area contributed by atoms with E-state index < -0.39 is 22.1 Å². The molecule has 39 heavy (non-hydrogen) atoms. The van der Waals surface area contributed by atoms with E-state index >= 15 is 0 Å². The lowest BCUT2D eigenvalue weighted by atomic mass is 9.82. The number of sulfone groups is 1. The van der Waals surface area contributed by atoms with E-state index in [0.29, 0.717) is 34.0 Å². The molecule has 1 fully saturated rings. The number of ether oxygens (including phenoxy) is 1. The van der Waals surface area contributed by atoms with Crippen molar-refractivity contribution >= 4 is 43.9 Å². The fourth-order valence-electron chi connectivity index (χ4n) is 5.29. The molecular weight excluding hydrogens is 508 g/mol. The molecule has 0 unspecified atom stereocenters. The number of para-hydroxylation sites is 2. The molecule has 0 spiro atoms. The third kappa shape index (κ3) is 5.57. The maximum Gasteiger partial charge on any atom is 0.229 e. The van der Waals surface area contributed by atoms with Crippen LogP contribution in [0.25, 0.3) is 10.9 Å². The average molecular weight is 548 g/mol. The molecule has 0 atom stereocenters. The summed E-state index contributed by atoms with van der Waals surface area (Å²) in [7, 11) is -6.21. The molecule has 0 radical (unpaired) electrons. The Morgan fingerprint density at radius 3 is 2.46 bits per heavy atom. The van der Waals surface area contributed by atoms with Gasteiger partial charge in [0.15, 0.2) is 9.84 Å². The van der Waals surface area contributed by atoms with Crippen LogP contribution in [0.5, 0.6) is 5.75 Å². The molecule has 1 saturated carbocycles. The highest BCUT2D eigenvalue weighted by atomic mass is 32.2. The summed E-state index contributed by atoms with van der Waals surface area (Å²) < 4.78 is 55.0. The van der Waals surface area contributed by atoms with Crippen molar-refractivity contribution in [1.29, 1.82) is 0 Å². The van der Waals surface area contributed by atoms with E-state index in [-0.39, 0.29) is 16.6 Å². The molecule has 1 aromatic heterocycles. The van der Waals surface area contributed by atoms with Crippen LogP contribution in [0.1, 0.15) is 67.1 Å². The Hall–Kier alpha value is -3.65. The van der Waals surface area contributed by atoms with E-state index in [1.807, 2.05) is 43.3 Å². The summed E-state index contributed by atoms with van der Waals surface area (Å²) in [5.74, 6) is 1.19. The van der Waals surface area contributed by atoms with E-state index in [2.05, 4.69) is 15.6 Å². The Bertz CT molecular complexity index is 1700. The summed E-state index contributed by atoms with van der Waals surface area (Å²) in [5, 5.41) is 6.52. The van der Waals surface area contributed by atoms with Gasteiger partial charge in [-0.15, -0.1) is 0 Å². The van der Waals surface area contributed by atoms with Gasteiger partial charge in [-0.05, 0) is 87.1 Å². The number of aromatic nitrogens is 2. The van der Waals surface area contributed by atoms with Crippen LogP contribution in [0.4, 0.5) is 23.1 Å². The third-order valence-corrected chi connectivity index (χ3v) is 9.65. The average Bonchev–Trinajstić information content (AvgIpc) is 2.94. The first-order chi connectivity index (χ1) is 19.9. The standard InChI is InChI=1S/C31H36N4O3S/c1-20(2)39(36,37)29-17-11-10-16-26(29)32-30-23-14-8-9-15-25(23)33-31(35-30)34-27-18-21(3)24(19-28(27)38-4)22-12-6-5-7-13-22/h8-11,14-20,22H,5-7,12-13H2,1-4H3,(H2,32,33,34,35)/i4D3. The van der Waals surface area contributed by atoms with Crippen molar-refractivity contribution in [1.82, 2.24) is 9.97 Å². The van der Waals surface area contributed by atoms with Crippen LogP contribution in [-0.4, -0.2) is 30.7 Å². The van der Waals surface area contributed by atoms with Gasteiger partial charge < -0.3 is 15.4 Å². The second-order valence-corrected chi connectivity index (χ2v) is 12.9. The molecule has 5 rings (SSSR count). The SMILES string of the molecule is [2H]C([2H])([2H])Oc1cc(C2CCCCC2)c(C)cc1Nc1nc(Nc2ccccc2S(=O)(=O)C(C)C)c2ccccc2n1. The molecule has 0 bridgehead atoms. The van der Waals surface area contributed by atoms with Gasteiger partial charge in [-0.1, -0.05) is 43.5 Å². The largest absolute Gasteiger partial charge is 0.495 e. The zero-order valence-electron chi connectivity index (χ0n) is 25.5. The van der Waals surface area contributed by atoms with E-state index in [4.69, 9.17) is 13.8 Å². The van der Waals surface area contributed by atoms with Gasteiger partial charge in [0.2, 0.25) is 5.95 Å².